The number of carboxylic acid groups (broad SMARTS) is 1. The average molecular weight is 266 g/mol. The van der Waals surface area contributed by atoms with Crippen LogP contribution in [0.2, 0.25) is 0 Å². The Morgan fingerprint density at radius 2 is 1.84 bits per heavy atom. The Labute approximate surface area is 111 Å². The predicted octanol–water partition coefficient (Wildman–Crippen LogP) is 1.23. The minimum absolute atomic E-state index is 0.000550. The van der Waals surface area contributed by atoms with E-state index in [1.54, 1.807) is 0 Å². The predicted molar refractivity (Wildman–Crippen MR) is 71.2 cm³/mol. The highest BCUT2D eigenvalue weighted by molar-refractivity contribution is 6.12. The van der Waals surface area contributed by atoms with Gasteiger partial charge >= 0.3 is 5.97 Å². The zero-order valence-corrected chi connectivity index (χ0v) is 10.9. The summed E-state index contributed by atoms with van der Waals surface area (Å²) in [6.07, 6.45) is 0.410. The van der Waals surface area contributed by atoms with Gasteiger partial charge in [-0.3, -0.25) is 4.79 Å². The number of carboxylic acids is 1. The van der Waals surface area contributed by atoms with E-state index in [1.165, 1.54) is 6.07 Å². The Morgan fingerprint density at radius 3 is 2.32 bits per heavy atom. The number of carbonyl (C=O) groups excluding carboxylic acids is 1. The third-order valence-electron chi connectivity index (χ3n) is 2.74. The summed E-state index contributed by atoms with van der Waals surface area (Å²) in [5, 5.41) is 18.6. The maximum absolute atomic E-state index is 12.2. The molecule has 104 valence electrons. The van der Waals surface area contributed by atoms with Crippen LogP contribution in [0.5, 0.6) is 5.75 Å². The molecule has 0 fully saturated rings. The van der Waals surface area contributed by atoms with Crippen molar-refractivity contribution in [1.29, 1.82) is 0 Å². The molecule has 0 saturated carbocycles. The molecule has 0 unspecified atom stereocenters. The van der Waals surface area contributed by atoms with Gasteiger partial charge in [0.05, 0.1) is 11.6 Å². The standard InChI is InChI=1S/C13H18N2O4/c1-6(2)5-8(15)12(17)10-7(14)3-4-9(16)11(10)13(18)19/h3-4,6,8,16H,5,14-15H2,1-2H3,(H,18,19)/t8-/m0/s1. The number of hydrogen-bond acceptors (Lipinski definition) is 5. The lowest BCUT2D eigenvalue weighted by atomic mass is 9.92. The van der Waals surface area contributed by atoms with Crippen LogP contribution in [0.3, 0.4) is 0 Å². The number of anilines is 1. The molecule has 0 radical (unpaired) electrons. The summed E-state index contributed by atoms with van der Waals surface area (Å²) < 4.78 is 0. The Bertz CT molecular complexity index is 512. The van der Waals surface area contributed by atoms with Crippen LogP contribution in [0.25, 0.3) is 0 Å². The van der Waals surface area contributed by atoms with Gasteiger partial charge in [-0.2, -0.15) is 0 Å². The molecule has 1 aromatic carbocycles. The number of nitrogens with two attached hydrogens (primary N) is 2. The number of aromatic carboxylic acids is 1. The summed E-state index contributed by atoms with van der Waals surface area (Å²) in [5.41, 5.74) is 10.7. The van der Waals surface area contributed by atoms with Gasteiger partial charge in [0.25, 0.3) is 0 Å². The van der Waals surface area contributed by atoms with E-state index in [1.807, 2.05) is 13.8 Å². The van der Waals surface area contributed by atoms with Gasteiger partial charge in [-0.1, -0.05) is 13.8 Å². The molecule has 19 heavy (non-hydrogen) atoms. The third-order valence-corrected chi connectivity index (χ3v) is 2.74. The van der Waals surface area contributed by atoms with E-state index in [2.05, 4.69) is 0 Å². The first-order valence-corrected chi connectivity index (χ1v) is 5.90. The highest BCUT2D eigenvalue weighted by Gasteiger charge is 2.27. The molecule has 6 N–H and O–H groups in total. The fourth-order valence-electron chi connectivity index (χ4n) is 1.89. The van der Waals surface area contributed by atoms with E-state index in [-0.39, 0.29) is 17.2 Å². The maximum Gasteiger partial charge on any atom is 0.340 e. The van der Waals surface area contributed by atoms with Crippen LogP contribution in [-0.2, 0) is 0 Å². The quantitative estimate of drug-likeness (QED) is 0.360. The van der Waals surface area contributed by atoms with Crippen molar-refractivity contribution < 1.29 is 19.8 Å². The molecule has 0 aliphatic heterocycles. The molecule has 0 aliphatic carbocycles. The molecule has 1 aromatic rings. The molecule has 6 heteroatoms. The molecular weight excluding hydrogens is 248 g/mol. The van der Waals surface area contributed by atoms with E-state index in [9.17, 15) is 14.7 Å². The third kappa shape index (κ3) is 3.23. The van der Waals surface area contributed by atoms with Crippen LogP contribution < -0.4 is 11.5 Å². The van der Waals surface area contributed by atoms with Crippen molar-refractivity contribution in [3.8, 4) is 5.75 Å². The number of Topliss-reactive ketones (excluding diaryl/α,β-unsaturated/α-hetero) is 1. The zero-order valence-electron chi connectivity index (χ0n) is 10.9. The number of ketones is 1. The van der Waals surface area contributed by atoms with Crippen molar-refractivity contribution in [1.82, 2.24) is 0 Å². The van der Waals surface area contributed by atoms with Crippen molar-refractivity contribution in [2.75, 3.05) is 5.73 Å². The molecule has 0 aromatic heterocycles. The highest BCUT2D eigenvalue weighted by atomic mass is 16.4. The van der Waals surface area contributed by atoms with Gasteiger partial charge in [-0.15, -0.1) is 0 Å². The van der Waals surface area contributed by atoms with Crippen molar-refractivity contribution in [3.63, 3.8) is 0 Å². The number of benzene rings is 1. The molecule has 1 rings (SSSR count). The van der Waals surface area contributed by atoms with Gasteiger partial charge in [0.2, 0.25) is 0 Å². The van der Waals surface area contributed by atoms with Crippen LogP contribution in [0.1, 0.15) is 41.0 Å². The molecular formula is C13H18N2O4. The molecule has 0 amide bonds. The SMILES string of the molecule is CC(C)C[C@H](N)C(=O)c1c(N)ccc(O)c1C(=O)O. The molecule has 6 nitrogen and oxygen atoms in total. The molecule has 0 aliphatic rings. The Hall–Kier alpha value is -2.08. The van der Waals surface area contributed by atoms with Gasteiger partial charge in [-0.25, -0.2) is 4.79 Å². The lowest BCUT2D eigenvalue weighted by molar-refractivity contribution is 0.0688. The van der Waals surface area contributed by atoms with Crippen LogP contribution in [0, 0.1) is 5.92 Å². The number of hydrogen-bond donors (Lipinski definition) is 4. The minimum atomic E-state index is -1.41. The molecule has 0 saturated heterocycles. The van der Waals surface area contributed by atoms with Crippen LogP contribution in [-0.4, -0.2) is 28.0 Å². The second-order valence-corrected chi connectivity index (χ2v) is 4.83. The summed E-state index contributed by atoms with van der Waals surface area (Å²) in [4.78, 5) is 23.3. The number of aromatic hydroxyl groups is 1. The summed E-state index contributed by atoms with van der Waals surface area (Å²) in [5.74, 6) is -2.29. The van der Waals surface area contributed by atoms with Crippen molar-refractivity contribution in [3.05, 3.63) is 23.3 Å². The van der Waals surface area contributed by atoms with Crippen molar-refractivity contribution in [2.24, 2.45) is 11.7 Å². The lowest BCUT2D eigenvalue weighted by Gasteiger charge is -2.16. The van der Waals surface area contributed by atoms with E-state index in [0.29, 0.717) is 6.42 Å². The average Bonchev–Trinajstić information content (AvgIpc) is 2.29. The number of carbonyl (C=O) groups is 2. The van der Waals surface area contributed by atoms with Crippen molar-refractivity contribution in [2.45, 2.75) is 26.3 Å². The largest absolute Gasteiger partial charge is 0.507 e. The van der Waals surface area contributed by atoms with E-state index in [4.69, 9.17) is 16.6 Å². The topological polar surface area (TPSA) is 127 Å². The zero-order chi connectivity index (χ0) is 14.7. The van der Waals surface area contributed by atoms with Crippen LogP contribution >= 0.6 is 0 Å². The second kappa shape index (κ2) is 5.71. The van der Waals surface area contributed by atoms with E-state index < -0.39 is 29.1 Å². The molecule has 1 atom stereocenters. The van der Waals surface area contributed by atoms with Crippen molar-refractivity contribution >= 4 is 17.4 Å². The Balaban J connectivity index is 3.29. The normalized spacial score (nSPS) is 12.4. The number of phenols is 1. The monoisotopic (exact) mass is 266 g/mol. The highest BCUT2D eigenvalue weighted by Crippen LogP contribution is 2.28. The van der Waals surface area contributed by atoms with Crippen LogP contribution in [0.15, 0.2) is 12.1 Å². The van der Waals surface area contributed by atoms with Gasteiger partial charge < -0.3 is 21.7 Å². The Kier molecular flexibility index (Phi) is 4.50. The maximum atomic E-state index is 12.2. The van der Waals surface area contributed by atoms with E-state index >= 15 is 0 Å². The number of nitrogen functional groups attached to an aromatic ring is 1. The first kappa shape index (κ1) is 15.0. The first-order chi connectivity index (χ1) is 8.75. The van der Waals surface area contributed by atoms with Crippen LogP contribution in [0.4, 0.5) is 5.69 Å². The fourth-order valence-corrected chi connectivity index (χ4v) is 1.89. The Morgan fingerprint density at radius 1 is 1.26 bits per heavy atom. The fraction of sp³-hybridized carbons (Fsp3) is 0.385. The first-order valence-electron chi connectivity index (χ1n) is 5.90. The lowest BCUT2D eigenvalue weighted by Crippen LogP contribution is -2.33. The smallest absolute Gasteiger partial charge is 0.340 e. The second-order valence-electron chi connectivity index (χ2n) is 4.83. The van der Waals surface area contributed by atoms with E-state index in [0.717, 1.165) is 6.07 Å². The molecule has 0 bridgehead atoms. The summed E-state index contributed by atoms with van der Waals surface area (Å²) in [6.45, 7) is 3.80. The number of rotatable bonds is 5. The van der Waals surface area contributed by atoms with Gasteiger partial charge in [0, 0.05) is 5.69 Å². The van der Waals surface area contributed by atoms with Gasteiger partial charge in [0.1, 0.15) is 11.3 Å². The van der Waals surface area contributed by atoms with Gasteiger partial charge in [-0.05, 0) is 24.5 Å². The molecule has 0 heterocycles. The summed E-state index contributed by atoms with van der Waals surface area (Å²) in [6, 6.07) is 1.59. The summed E-state index contributed by atoms with van der Waals surface area (Å²) in [7, 11) is 0. The summed E-state index contributed by atoms with van der Waals surface area (Å²) >= 11 is 0. The van der Waals surface area contributed by atoms with Gasteiger partial charge in [0.15, 0.2) is 5.78 Å². The minimum Gasteiger partial charge on any atom is -0.507 e. The molecule has 0 spiro atoms.